The van der Waals surface area contributed by atoms with Gasteiger partial charge in [0, 0.05) is 48.3 Å². The first kappa shape index (κ1) is 18.7. The molecule has 0 aliphatic heterocycles. The van der Waals surface area contributed by atoms with Crippen molar-refractivity contribution >= 4 is 35.0 Å². The van der Waals surface area contributed by atoms with E-state index >= 15 is 0 Å². The van der Waals surface area contributed by atoms with Gasteiger partial charge in [-0.15, -0.1) is 0 Å². The zero-order valence-corrected chi connectivity index (χ0v) is 15.6. The van der Waals surface area contributed by atoms with E-state index < -0.39 is 11.7 Å². The lowest BCUT2D eigenvalue weighted by Gasteiger charge is -2.09. The van der Waals surface area contributed by atoms with Crippen LogP contribution in [0.3, 0.4) is 0 Å². The van der Waals surface area contributed by atoms with Gasteiger partial charge in [0.05, 0.1) is 0 Å². The predicted octanol–water partition coefficient (Wildman–Crippen LogP) is 2.74. The van der Waals surface area contributed by atoms with Crippen LogP contribution in [0.2, 0.25) is 0 Å². The van der Waals surface area contributed by atoms with E-state index in [1.165, 1.54) is 7.05 Å². The number of pyridine rings is 1. The minimum atomic E-state index is -0.651. The van der Waals surface area contributed by atoms with E-state index in [1.807, 2.05) is 31.2 Å². The van der Waals surface area contributed by atoms with Gasteiger partial charge in [0.25, 0.3) is 0 Å². The molecule has 0 aliphatic rings. The molecule has 0 bridgehead atoms. The Bertz CT molecular complexity index is 1050. The Kier molecular flexibility index (Phi) is 5.63. The van der Waals surface area contributed by atoms with E-state index in [9.17, 15) is 9.59 Å². The third-order valence-corrected chi connectivity index (χ3v) is 4.37. The number of carbonyl (C=O) groups excluding carboxylic acids is 1. The van der Waals surface area contributed by atoms with Gasteiger partial charge in [-0.1, -0.05) is 12.1 Å². The highest BCUT2D eigenvalue weighted by molar-refractivity contribution is 7.98. The van der Waals surface area contributed by atoms with Gasteiger partial charge in [0.15, 0.2) is 0 Å². The monoisotopic (exact) mass is 386 g/mol. The van der Waals surface area contributed by atoms with Gasteiger partial charge in [0.2, 0.25) is 11.6 Å². The lowest BCUT2D eigenvalue weighted by molar-refractivity contribution is 0.201. The summed E-state index contributed by atoms with van der Waals surface area (Å²) in [6.45, 7) is 1.84. The number of rotatable bonds is 5. The molecule has 0 unspecified atom stereocenters. The van der Waals surface area contributed by atoms with Crippen molar-refractivity contribution in [2.75, 3.05) is 11.8 Å². The molecular weight excluding hydrogens is 368 g/mol. The van der Waals surface area contributed by atoms with E-state index in [1.54, 1.807) is 12.1 Å². The molecule has 3 rings (SSSR count). The SMILES string of the molecule is CNC(=O)Oc1ccc2c(C)c(Cc3cccc(NSN)c3)c(=O)oc2n1. The molecule has 0 spiro atoms. The molecule has 0 atom stereocenters. The zero-order valence-electron chi connectivity index (χ0n) is 14.7. The Hall–Kier alpha value is -3.04. The first-order valence-corrected chi connectivity index (χ1v) is 8.93. The number of ether oxygens (including phenoxy) is 1. The normalized spacial score (nSPS) is 10.6. The maximum atomic E-state index is 12.5. The molecule has 8 nitrogen and oxygen atoms in total. The Balaban J connectivity index is 1.97. The smallest absolute Gasteiger partial charge is 0.403 e. The number of aromatic nitrogens is 1. The van der Waals surface area contributed by atoms with Crippen LogP contribution in [0.5, 0.6) is 5.88 Å². The van der Waals surface area contributed by atoms with Crippen LogP contribution in [-0.4, -0.2) is 18.1 Å². The average Bonchev–Trinajstić information content (AvgIpc) is 2.65. The molecule has 3 aromatic rings. The van der Waals surface area contributed by atoms with Crippen molar-refractivity contribution in [2.24, 2.45) is 5.14 Å². The Morgan fingerprint density at radius 2 is 2.15 bits per heavy atom. The summed E-state index contributed by atoms with van der Waals surface area (Å²) in [6.07, 6.45) is -0.243. The number of amides is 1. The average molecular weight is 386 g/mol. The topological polar surface area (TPSA) is 119 Å². The quantitative estimate of drug-likeness (QED) is 0.573. The largest absolute Gasteiger partial charge is 0.413 e. The number of hydrogen-bond donors (Lipinski definition) is 3. The molecule has 27 heavy (non-hydrogen) atoms. The van der Waals surface area contributed by atoms with Crippen molar-refractivity contribution < 1.29 is 13.9 Å². The van der Waals surface area contributed by atoms with Crippen molar-refractivity contribution in [3.8, 4) is 5.88 Å². The molecule has 1 amide bonds. The summed E-state index contributed by atoms with van der Waals surface area (Å²) in [7, 11) is 1.44. The summed E-state index contributed by atoms with van der Waals surface area (Å²) >= 11 is 1.01. The van der Waals surface area contributed by atoms with Gasteiger partial charge < -0.3 is 19.2 Å². The summed E-state index contributed by atoms with van der Waals surface area (Å²) in [5.41, 5.74) is 2.75. The number of nitrogens with two attached hydrogens (primary N) is 1. The summed E-state index contributed by atoms with van der Waals surface area (Å²) in [5, 5.41) is 8.43. The molecular formula is C18H18N4O4S. The number of fused-ring (bicyclic) bond motifs is 1. The Morgan fingerprint density at radius 3 is 2.89 bits per heavy atom. The molecule has 2 aromatic heterocycles. The third-order valence-electron chi connectivity index (χ3n) is 4.01. The Labute approximate surface area is 159 Å². The standard InChI is InChI=1S/C18H18N4O4S/c1-10-13-6-7-15(25-18(24)20-2)21-16(13)26-17(23)14(10)9-11-4-3-5-12(8-11)22-27-19/h3-8,22H,9,19H2,1-2H3,(H,20,24). The molecule has 1 aromatic carbocycles. The number of benzene rings is 1. The fourth-order valence-corrected chi connectivity index (χ4v) is 2.94. The summed E-state index contributed by atoms with van der Waals surface area (Å²) < 4.78 is 13.3. The van der Waals surface area contributed by atoms with Crippen LogP contribution in [0.15, 0.2) is 45.6 Å². The minimum Gasteiger partial charge on any atom is -0.403 e. The third kappa shape index (κ3) is 4.21. The van der Waals surface area contributed by atoms with E-state index in [0.29, 0.717) is 17.4 Å². The fraction of sp³-hybridized carbons (Fsp3) is 0.167. The molecule has 0 saturated carbocycles. The molecule has 2 heterocycles. The van der Waals surface area contributed by atoms with Crippen LogP contribution in [0.4, 0.5) is 10.5 Å². The van der Waals surface area contributed by atoms with Crippen molar-refractivity contribution in [1.82, 2.24) is 10.3 Å². The number of carbonyl (C=O) groups is 1. The molecule has 0 fully saturated rings. The van der Waals surface area contributed by atoms with Crippen molar-refractivity contribution in [2.45, 2.75) is 13.3 Å². The lowest BCUT2D eigenvalue weighted by Crippen LogP contribution is -2.22. The van der Waals surface area contributed by atoms with Gasteiger partial charge in [-0.3, -0.25) is 5.14 Å². The second kappa shape index (κ2) is 8.11. The molecule has 9 heteroatoms. The van der Waals surface area contributed by atoms with Crippen molar-refractivity contribution in [3.05, 3.63) is 63.5 Å². The van der Waals surface area contributed by atoms with Gasteiger partial charge in [-0.05, 0) is 36.2 Å². The highest BCUT2D eigenvalue weighted by atomic mass is 32.2. The first-order valence-electron chi connectivity index (χ1n) is 8.05. The number of aryl methyl sites for hydroxylation is 1. The molecule has 0 aliphatic carbocycles. The van der Waals surface area contributed by atoms with E-state index in [-0.39, 0.29) is 11.6 Å². The number of nitrogens with zero attached hydrogens (tertiary/aromatic N) is 1. The van der Waals surface area contributed by atoms with Crippen LogP contribution in [0.1, 0.15) is 16.7 Å². The van der Waals surface area contributed by atoms with Gasteiger partial charge >= 0.3 is 11.7 Å². The second-order valence-corrected chi connectivity index (χ2v) is 6.17. The number of anilines is 1. The fourth-order valence-electron chi connectivity index (χ4n) is 2.68. The minimum absolute atomic E-state index is 0.0511. The lowest BCUT2D eigenvalue weighted by atomic mass is 10.0. The van der Waals surface area contributed by atoms with Crippen LogP contribution >= 0.6 is 12.1 Å². The maximum Gasteiger partial charge on any atom is 0.413 e. The molecule has 0 saturated heterocycles. The summed E-state index contributed by atoms with van der Waals surface area (Å²) in [6, 6.07) is 10.9. The zero-order chi connectivity index (χ0) is 19.4. The van der Waals surface area contributed by atoms with Gasteiger partial charge in [-0.25, -0.2) is 9.59 Å². The molecule has 140 valence electrons. The highest BCUT2D eigenvalue weighted by Gasteiger charge is 2.14. The number of hydrogen-bond acceptors (Lipinski definition) is 8. The van der Waals surface area contributed by atoms with Crippen LogP contribution in [0.25, 0.3) is 11.1 Å². The van der Waals surface area contributed by atoms with Crippen molar-refractivity contribution in [3.63, 3.8) is 0 Å². The maximum absolute atomic E-state index is 12.5. The van der Waals surface area contributed by atoms with Crippen LogP contribution in [0, 0.1) is 6.92 Å². The van der Waals surface area contributed by atoms with Crippen molar-refractivity contribution in [1.29, 1.82) is 0 Å². The van der Waals surface area contributed by atoms with Gasteiger partial charge in [0.1, 0.15) is 0 Å². The molecule has 4 N–H and O–H groups in total. The van der Waals surface area contributed by atoms with E-state index in [0.717, 1.165) is 28.9 Å². The Morgan fingerprint density at radius 1 is 1.33 bits per heavy atom. The molecule has 0 radical (unpaired) electrons. The van der Waals surface area contributed by atoms with E-state index in [2.05, 4.69) is 15.0 Å². The van der Waals surface area contributed by atoms with Crippen LogP contribution < -0.4 is 25.5 Å². The van der Waals surface area contributed by atoms with Crippen LogP contribution in [-0.2, 0) is 6.42 Å². The van der Waals surface area contributed by atoms with E-state index in [4.69, 9.17) is 14.3 Å². The predicted molar refractivity (Wildman–Crippen MR) is 105 cm³/mol. The number of nitrogens with one attached hydrogen (secondary N) is 2. The summed E-state index contributed by atoms with van der Waals surface area (Å²) in [4.78, 5) is 27.9. The summed E-state index contributed by atoms with van der Waals surface area (Å²) in [5.74, 6) is 0.0511. The highest BCUT2D eigenvalue weighted by Crippen LogP contribution is 2.23. The second-order valence-electron chi connectivity index (χ2n) is 5.73. The first-order chi connectivity index (χ1) is 13.0. The van der Waals surface area contributed by atoms with Gasteiger partial charge in [-0.2, -0.15) is 4.98 Å².